The van der Waals surface area contributed by atoms with Crippen LogP contribution in [0, 0.1) is 0 Å². The van der Waals surface area contributed by atoms with Gasteiger partial charge in [0.15, 0.2) is 0 Å². The van der Waals surface area contributed by atoms with Gasteiger partial charge in [0.25, 0.3) is 0 Å². The van der Waals surface area contributed by atoms with Gasteiger partial charge < -0.3 is 4.74 Å². The lowest BCUT2D eigenvalue weighted by molar-refractivity contribution is 0.0500. The van der Waals surface area contributed by atoms with E-state index in [4.69, 9.17) is 4.74 Å². The number of rotatable bonds is 9. The second-order valence-corrected chi connectivity index (χ2v) is 11.4. The summed E-state index contributed by atoms with van der Waals surface area (Å²) in [5.74, 6) is -0.249. The molecule has 0 saturated carbocycles. The molecule has 0 atom stereocenters. The molecular formula is C29H28O2P+. The molecule has 0 spiro atoms. The zero-order valence-electron chi connectivity index (χ0n) is 18.1. The van der Waals surface area contributed by atoms with Gasteiger partial charge in [-0.25, -0.2) is 4.79 Å². The molecule has 0 amide bonds. The fourth-order valence-electron chi connectivity index (χ4n) is 4.16. The lowest BCUT2D eigenvalue weighted by atomic mass is 10.2. The summed E-state index contributed by atoms with van der Waals surface area (Å²) in [6, 6.07) is 41.9. The first-order valence-corrected chi connectivity index (χ1v) is 13.1. The molecule has 32 heavy (non-hydrogen) atoms. The van der Waals surface area contributed by atoms with Crippen molar-refractivity contribution in [1.29, 1.82) is 0 Å². The summed E-state index contributed by atoms with van der Waals surface area (Å²) in [5.41, 5.74) is 0.604. The van der Waals surface area contributed by atoms with Gasteiger partial charge in [-0.1, -0.05) is 72.8 Å². The number of benzene rings is 4. The van der Waals surface area contributed by atoms with Gasteiger partial charge >= 0.3 is 5.97 Å². The van der Waals surface area contributed by atoms with Gasteiger partial charge in [0.1, 0.15) is 23.2 Å². The van der Waals surface area contributed by atoms with E-state index in [1.165, 1.54) is 15.9 Å². The molecule has 2 nitrogen and oxygen atoms in total. The van der Waals surface area contributed by atoms with Crippen molar-refractivity contribution >= 4 is 29.1 Å². The first kappa shape index (κ1) is 22.0. The Morgan fingerprint density at radius 3 is 1.41 bits per heavy atom. The van der Waals surface area contributed by atoms with Crippen LogP contribution in [0.1, 0.15) is 23.2 Å². The molecule has 0 radical (unpaired) electrons. The molecule has 0 fully saturated rings. The minimum absolute atomic E-state index is 0.249. The Morgan fingerprint density at radius 2 is 0.969 bits per heavy atom. The number of carbonyl (C=O) groups excluding carboxylic acids is 1. The third kappa shape index (κ3) is 4.98. The molecule has 0 aliphatic rings. The van der Waals surface area contributed by atoms with E-state index in [-0.39, 0.29) is 5.97 Å². The maximum atomic E-state index is 12.3. The predicted molar refractivity (Wildman–Crippen MR) is 136 cm³/mol. The molecule has 4 aromatic carbocycles. The second kappa shape index (κ2) is 10.9. The minimum atomic E-state index is -1.82. The lowest BCUT2D eigenvalue weighted by Gasteiger charge is -2.27. The molecule has 0 aliphatic carbocycles. The van der Waals surface area contributed by atoms with E-state index in [0.29, 0.717) is 12.2 Å². The van der Waals surface area contributed by atoms with E-state index in [0.717, 1.165) is 19.0 Å². The molecule has 0 N–H and O–H groups in total. The van der Waals surface area contributed by atoms with Gasteiger partial charge in [-0.15, -0.1) is 0 Å². The maximum Gasteiger partial charge on any atom is 0.338 e. The highest BCUT2D eigenvalue weighted by molar-refractivity contribution is 7.95. The standard InChI is InChI=1S/C29H28O2P/c30-29(25-15-5-1-6-16-25)31-23-13-14-24-32(26-17-7-2-8-18-26,27-19-9-3-10-20-27)28-21-11-4-12-22-28/h1-12,15-22H,13-14,23-24H2/q+1. The molecule has 3 heteroatoms. The Labute approximate surface area is 191 Å². The van der Waals surface area contributed by atoms with Crippen molar-refractivity contribution in [3.63, 3.8) is 0 Å². The number of carbonyl (C=O) groups is 1. The SMILES string of the molecule is O=C(OCCCC[P+](c1ccccc1)(c1ccccc1)c1ccccc1)c1ccccc1. The van der Waals surface area contributed by atoms with Crippen LogP contribution in [0.4, 0.5) is 0 Å². The molecule has 0 unspecified atom stereocenters. The van der Waals surface area contributed by atoms with E-state index in [1.54, 1.807) is 12.1 Å². The van der Waals surface area contributed by atoms with Crippen molar-refractivity contribution < 1.29 is 9.53 Å². The first-order valence-electron chi connectivity index (χ1n) is 11.1. The molecular weight excluding hydrogens is 411 g/mol. The monoisotopic (exact) mass is 439 g/mol. The van der Waals surface area contributed by atoms with Crippen molar-refractivity contribution in [1.82, 2.24) is 0 Å². The van der Waals surface area contributed by atoms with Crippen molar-refractivity contribution in [2.24, 2.45) is 0 Å². The molecule has 0 aromatic heterocycles. The Hall–Kier alpha value is -3.22. The molecule has 0 aliphatic heterocycles. The van der Waals surface area contributed by atoms with Gasteiger partial charge in [-0.05, 0) is 61.4 Å². The summed E-state index contributed by atoms with van der Waals surface area (Å²) in [6.07, 6.45) is 2.86. The third-order valence-electron chi connectivity index (χ3n) is 5.72. The van der Waals surface area contributed by atoms with E-state index in [2.05, 4.69) is 91.0 Å². The van der Waals surface area contributed by atoms with Crippen LogP contribution in [0.15, 0.2) is 121 Å². The fraction of sp³-hybridized carbons (Fsp3) is 0.138. The molecule has 0 heterocycles. The van der Waals surface area contributed by atoms with Crippen LogP contribution in [0.3, 0.4) is 0 Å². The molecule has 4 aromatic rings. The zero-order chi connectivity index (χ0) is 22.1. The van der Waals surface area contributed by atoms with Crippen LogP contribution >= 0.6 is 7.26 Å². The van der Waals surface area contributed by atoms with Crippen molar-refractivity contribution in [3.05, 3.63) is 127 Å². The molecule has 0 bridgehead atoms. The lowest BCUT2D eigenvalue weighted by Crippen LogP contribution is -2.33. The molecule has 4 rings (SSSR count). The smallest absolute Gasteiger partial charge is 0.338 e. The predicted octanol–water partition coefficient (Wildman–Crippen LogP) is 5.62. The summed E-state index contributed by atoms with van der Waals surface area (Å²) < 4.78 is 5.53. The van der Waals surface area contributed by atoms with Crippen LogP contribution in [0.5, 0.6) is 0 Å². The van der Waals surface area contributed by atoms with Crippen LogP contribution in [0.2, 0.25) is 0 Å². The molecule has 0 saturated heterocycles. The Balaban J connectivity index is 1.55. The topological polar surface area (TPSA) is 26.3 Å². The van der Waals surface area contributed by atoms with E-state index in [9.17, 15) is 4.79 Å². The summed E-state index contributed by atoms with van der Waals surface area (Å²) in [5, 5.41) is 4.16. The van der Waals surface area contributed by atoms with Crippen LogP contribution < -0.4 is 15.9 Å². The number of hydrogen-bond donors (Lipinski definition) is 0. The fourth-order valence-corrected chi connectivity index (χ4v) is 8.57. The average molecular weight is 440 g/mol. The number of esters is 1. The van der Waals surface area contributed by atoms with Gasteiger partial charge in [-0.3, -0.25) is 0 Å². The van der Waals surface area contributed by atoms with Gasteiger partial charge in [0.2, 0.25) is 0 Å². The van der Waals surface area contributed by atoms with E-state index >= 15 is 0 Å². The van der Waals surface area contributed by atoms with Crippen molar-refractivity contribution in [2.75, 3.05) is 12.8 Å². The highest BCUT2D eigenvalue weighted by Gasteiger charge is 2.44. The normalized spacial score (nSPS) is 11.1. The van der Waals surface area contributed by atoms with Crippen LogP contribution in [-0.4, -0.2) is 18.7 Å². The number of hydrogen-bond acceptors (Lipinski definition) is 2. The summed E-state index contributed by atoms with van der Waals surface area (Å²) in [6.45, 7) is 0.437. The van der Waals surface area contributed by atoms with E-state index < -0.39 is 7.26 Å². The largest absolute Gasteiger partial charge is 0.462 e. The van der Waals surface area contributed by atoms with Gasteiger partial charge in [0, 0.05) is 0 Å². The Morgan fingerprint density at radius 1 is 0.562 bits per heavy atom. The third-order valence-corrected chi connectivity index (χ3v) is 10.2. The van der Waals surface area contributed by atoms with Crippen molar-refractivity contribution in [2.45, 2.75) is 12.8 Å². The Kier molecular flexibility index (Phi) is 7.48. The quantitative estimate of drug-likeness (QED) is 0.192. The summed E-state index contributed by atoms with van der Waals surface area (Å²) >= 11 is 0. The first-order chi connectivity index (χ1) is 15.8. The highest BCUT2D eigenvalue weighted by atomic mass is 31.2. The summed E-state index contributed by atoms with van der Waals surface area (Å²) in [4.78, 5) is 12.3. The van der Waals surface area contributed by atoms with Gasteiger partial charge in [0.05, 0.1) is 18.3 Å². The maximum absolute atomic E-state index is 12.3. The number of unbranched alkanes of at least 4 members (excludes halogenated alkanes) is 1. The van der Waals surface area contributed by atoms with Crippen LogP contribution in [0.25, 0.3) is 0 Å². The summed E-state index contributed by atoms with van der Waals surface area (Å²) in [7, 11) is -1.82. The minimum Gasteiger partial charge on any atom is -0.462 e. The average Bonchev–Trinajstić information content (AvgIpc) is 2.88. The van der Waals surface area contributed by atoms with Crippen LogP contribution in [-0.2, 0) is 4.74 Å². The Bertz CT molecular complexity index is 1000. The van der Waals surface area contributed by atoms with E-state index in [1.807, 2.05) is 18.2 Å². The molecule has 160 valence electrons. The number of ether oxygens (including phenoxy) is 1. The highest BCUT2D eigenvalue weighted by Crippen LogP contribution is 2.55. The van der Waals surface area contributed by atoms with Crippen molar-refractivity contribution in [3.8, 4) is 0 Å². The zero-order valence-corrected chi connectivity index (χ0v) is 19.0. The van der Waals surface area contributed by atoms with Gasteiger partial charge in [-0.2, -0.15) is 0 Å². The second-order valence-electron chi connectivity index (χ2n) is 7.75.